The topological polar surface area (TPSA) is 74.3 Å². The van der Waals surface area contributed by atoms with E-state index in [1.165, 1.54) is 14.2 Å². The maximum Gasteiger partial charge on any atom is 0.325 e. The SMILES string of the molecule is COC(=O)C1(C(=O)OC)C[C@H](COCc2ccccc2)ON(Cc2ccccc2)[C@@H]1c1ccccc1. The molecule has 7 nitrogen and oxygen atoms in total. The van der Waals surface area contributed by atoms with Crippen molar-refractivity contribution in [1.82, 2.24) is 5.06 Å². The van der Waals surface area contributed by atoms with E-state index in [4.69, 9.17) is 19.0 Å². The summed E-state index contributed by atoms with van der Waals surface area (Å²) < 4.78 is 16.4. The summed E-state index contributed by atoms with van der Waals surface area (Å²) in [4.78, 5) is 33.4. The maximum atomic E-state index is 13.5. The van der Waals surface area contributed by atoms with Gasteiger partial charge >= 0.3 is 11.9 Å². The summed E-state index contributed by atoms with van der Waals surface area (Å²) in [6.45, 7) is 0.897. The van der Waals surface area contributed by atoms with Gasteiger partial charge in [-0.25, -0.2) is 0 Å². The molecule has 1 fully saturated rings. The van der Waals surface area contributed by atoms with Crippen molar-refractivity contribution < 1.29 is 28.6 Å². The first-order valence-corrected chi connectivity index (χ1v) is 11.9. The number of rotatable bonds is 9. The van der Waals surface area contributed by atoms with Crippen LogP contribution in [0.25, 0.3) is 0 Å². The second-order valence-electron chi connectivity index (χ2n) is 8.76. The van der Waals surface area contributed by atoms with Gasteiger partial charge in [0, 0.05) is 13.0 Å². The van der Waals surface area contributed by atoms with Gasteiger partial charge in [0.05, 0.1) is 33.5 Å². The number of esters is 2. The molecule has 0 bridgehead atoms. The van der Waals surface area contributed by atoms with E-state index in [2.05, 4.69) is 0 Å². The first kappa shape index (κ1) is 25.6. The van der Waals surface area contributed by atoms with Crippen LogP contribution in [0.4, 0.5) is 0 Å². The summed E-state index contributed by atoms with van der Waals surface area (Å²) >= 11 is 0. The predicted molar refractivity (Wildman–Crippen MR) is 133 cm³/mol. The van der Waals surface area contributed by atoms with Gasteiger partial charge in [-0.15, -0.1) is 0 Å². The molecule has 0 aromatic heterocycles. The van der Waals surface area contributed by atoms with Gasteiger partial charge in [0.1, 0.15) is 6.10 Å². The first-order valence-electron chi connectivity index (χ1n) is 11.9. The number of carbonyl (C=O) groups is 2. The van der Waals surface area contributed by atoms with E-state index in [0.29, 0.717) is 13.2 Å². The minimum atomic E-state index is -1.65. The second-order valence-corrected chi connectivity index (χ2v) is 8.76. The van der Waals surface area contributed by atoms with Crippen LogP contribution in [0.5, 0.6) is 0 Å². The highest BCUT2D eigenvalue weighted by molar-refractivity contribution is 6.01. The van der Waals surface area contributed by atoms with E-state index in [1.807, 2.05) is 91.0 Å². The third-order valence-electron chi connectivity index (χ3n) is 6.40. The van der Waals surface area contributed by atoms with E-state index in [1.54, 1.807) is 5.06 Å². The summed E-state index contributed by atoms with van der Waals surface area (Å²) in [5.74, 6) is -1.34. The average molecular weight is 490 g/mol. The molecule has 1 aliphatic heterocycles. The smallest absolute Gasteiger partial charge is 0.325 e. The molecule has 0 amide bonds. The van der Waals surface area contributed by atoms with Gasteiger partial charge in [0.25, 0.3) is 0 Å². The third kappa shape index (κ3) is 5.49. The lowest BCUT2D eigenvalue weighted by Gasteiger charge is -2.48. The molecule has 188 valence electrons. The van der Waals surface area contributed by atoms with Gasteiger partial charge < -0.3 is 14.2 Å². The third-order valence-corrected chi connectivity index (χ3v) is 6.40. The molecule has 0 radical (unpaired) electrons. The van der Waals surface area contributed by atoms with Gasteiger partial charge in [-0.3, -0.25) is 14.4 Å². The van der Waals surface area contributed by atoms with Crippen LogP contribution < -0.4 is 0 Å². The minimum absolute atomic E-state index is 0.0476. The van der Waals surface area contributed by atoms with E-state index < -0.39 is 29.5 Å². The summed E-state index contributed by atoms with van der Waals surface area (Å²) in [5, 5.41) is 1.69. The van der Waals surface area contributed by atoms with E-state index in [-0.39, 0.29) is 13.0 Å². The molecule has 1 aliphatic rings. The zero-order chi connectivity index (χ0) is 25.4. The van der Waals surface area contributed by atoms with Crippen molar-refractivity contribution in [2.45, 2.75) is 31.7 Å². The highest BCUT2D eigenvalue weighted by atomic mass is 16.7. The molecule has 1 heterocycles. The van der Waals surface area contributed by atoms with Crippen molar-refractivity contribution in [2.24, 2.45) is 5.41 Å². The monoisotopic (exact) mass is 489 g/mol. The quantitative estimate of drug-likeness (QED) is 0.324. The number of carbonyl (C=O) groups excluding carboxylic acids is 2. The van der Waals surface area contributed by atoms with Crippen LogP contribution in [0.15, 0.2) is 91.0 Å². The highest BCUT2D eigenvalue weighted by Gasteiger charge is 2.61. The molecule has 0 aliphatic carbocycles. The molecule has 1 saturated heterocycles. The van der Waals surface area contributed by atoms with Gasteiger partial charge in [-0.2, -0.15) is 5.06 Å². The number of ether oxygens (including phenoxy) is 3. The minimum Gasteiger partial charge on any atom is -0.468 e. The largest absolute Gasteiger partial charge is 0.468 e. The predicted octanol–water partition coefficient (Wildman–Crippen LogP) is 4.48. The summed E-state index contributed by atoms with van der Waals surface area (Å²) in [5.41, 5.74) is 1.07. The summed E-state index contributed by atoms with van der Waals surface area (Å²) in [7, 11) is 2.57. The summed E-state index contributed by atoms with van der Waals surface area (Å²) in [6.07, 6.45) is -0.540. The van der Waals surface area contributed by atoms with Crippen LogP contribution >= 0.6 is 0 Å². The number of hydrogen-bond donors (Lipinski definition) is 0. The molecule has 3 aromatic carbocycles. The number of hydroxylamine groups is 2. The molecule has 7 heteroatoms. The molecule has 2 atom stereocenters. The standard InChI is InChI=1S/C29H31NO6/c1-33-27(31)29(28(32)34-2)18-25(21-35-20-23-14-8-4-9-15-23)36-30(19-22-12-6-3-7-13-22)26(29)24-16-10-5-11-17-24/h3-17,25-26H,18-21H2,1-2H3/t25-,26-/m1/s1. The van der Waals surface area contributed by atoms with Crippen LogP contribution in [0.1, 0.15) is 29.2 Å². The van der Waals surface area contributed by atoms with Gasteiger partial charge in [0.15, 0.2) is 5.41 Å². The molecule has 0 spiro atoms. The van der Waals surface area contributed by atoms with E-state index in [0.717, 1.165) is 16.7 Å². The highest BCUT2D eigenvalue weighted by Crippen LogP contribution is 2.49. The number of methoxy groups -OCH3 is 2. The second kappa shape index (κ2) is 11.9. The summed E-state index contributed by atoms with van der Waals surface area (Å²) in [6, 6.07) is 28.1. The van der Waals surface area contributed by atoms with E-state index in [9.17, 15) is 9.59 Å². The zero-order valence-corrected chi connectivity index (χ0v) is 20.5. The Balaban J connectivity index is 1.72. The molecule has 0 N–H and O–H groups in total. The van der Waals surface area contributed by atoms with Crippen LogP contribution in [-0.4, -0.2) is 43.9 Å². The van der Waals surface area contributed by atoms with Crippen LogP contribution in [0.3, 0.4) is 0 Å². The van der Waals surface area contributed by atoms with Gasteiger partial charge in [-0.1, -0.05) is 91.0 Å². The maximum absolute atomic E-state index is 13.5. The number of nitrogens with zero attached hydrogens (tertiary/aromatic N) is 1. The number of benzene rings is 3. The normalized spacial score (nSPS) is 19.4. The molecule has 3 aromatic rings. The fraction of sp³-hybridized carbons (Fsp3) is 0.310. The fourth-order valence-electron chi connectivity index (χ4n) is 4.79. The average Bonchev–Trinajstić information content (AvgIpc) is 2.93. The Morgan fingerprint density at radius 2 is 1.36 bits per heavy atom. The zero-order valence-electron chi connectivity index (χ0n) is 20.5. The van der Waals surface area contributed by atoms with Crippen molar-refractivity contribution >= 4 is 11.9 Å². The lowest BCUT2D eigenvalue weighted by Crippen LogP contribution is -2.58. The van der Waals surface area contributed by atoms with Crippen molar-refractivity contribution in [3.05, 3.63) is 108 Å². The molecule has 4 rings (SSSR count). The Labute approximate surface area is 211 Å². The number of hydrogen-bond acceptors (Lipinski definition) is 7. The van der Waals surface area contributed by atoms with Gasteiger partial charge in [-0.05, 0) is 16.7 Å². The van der Waals surface area contributed by atoms with E-state index >= 15 is 0 Å². The Morgan fingerprint density at radius 3 is 1.92 bits per heavy atom. The van der Waals surface area contributed by atoms with Crippen molar-refractivity contribution in [3.63, 3.8) is 0 Å². The van der Waals surface area contributed by atoms with Crippen LogP contribution in [0.2, 0.25) is 0 Å². The van der Waals surface area contributed by atoms with Crippen LogP contribution in [0, 0.1) is 5.41 Å². The molecule has 0 unspecified atom stereocenters. The Morgan fingerprint density at radius 1 is 0.833 bits per heavy atom. The molecular formula is C29H31NO6. The van der Waals surface area contributed by atoms with Gasteiger partial charge in [0.2, 0.25) is 0 Å². The Kier molecular flexibility index (Phi) is 8.48. The fourth-order valence-corrected chi connectivity index (χ4v) is 4.79. The Hall–Kier alpha value is -3.52. The molecule has 0 saturated carbocycles. The van der Waals surface area contributed by atoms with Crippen molar-refractivity contribution in [3.8, 4) is 0 Å². The molecular weight excluding hydrogens is 458 g/mol. The first-order chi connectivity index (χ1) is 17.6. The van der Waals surface area contributed by atoms with Crippen molar-refractivity contribution in [1.29, 1.82) is 0 Å². The molecule has 36 heavy (non-hydrogen) atoms. The van der Waals surface area contributed by atoms with Crippen molar-refractivity contribution in [2.75, 3.05) is 20.8 Å². The van der Waals surface area contributed by atoms with Crippen LogP contribution in [-0.2, 0) is 41.8 Å². The lowest BCUT2D eigenvalue weighted by molar-refractivity contribution is -0.299. The Bertz CT molecular complexity index is 1110. The lowest BCUT2D eigenvalue weighted by atomic mass is 9.71.